The quantitative estimate of drug-likeness (QED) is 0.332. The molecule has 5 rings (SSSR count). The van der Waals surface area contributed by atoms with Crippen LogP contribution >= 0.6 is 0 Å². The number of hydrogen-bond acceptors (Lipinski definition) is 5. The van der Waals surface area contributed by atoms with Crippen molar-refractivity contribution in [2.24, 2.45) is 0 Å². The van der Waals surface area contributed by atoms with E-state index < -0.39 is 0 Å². The fourth-order valence-corrected chi connectivity index (χ4v) is 6.48. The Labute approximate surface area is 232 Å². The minimum Gasteiger partial charge on any atom is -0.497 e. The number of benzene rings is 3. The first kappa shape index (κ1) is 27.1. The number of amides is 1. The summed E-state index contributed by atoms with van der Waals surface area (Å²) in [6, 6.07) is 24.9. The van der Waals surface area contributed by atoms with Crippen LogP contribution in [-0.2, 0) is 0 Å². The SMILES string of the molecule is COc1cccc(N(C(=O)c2ccc(OC)c(OC)c2)C2CCN(C3CCCCC3c3ccccc3)CC2)c1. The summed E-state index contributed by atoms with van der Waals surface area (Å²) in [5.41, 5.74) is 2.90. The fraction of sp³-hybridized carbons (Fsp3) is 0.424. The van der Waals surface area contributed by atoms with Crippen LogP contribution in [0.4, 0.5) is 5.69 Å². The lowest BCUT2D eigenvalue weighted by Crippen LogP contribution is -2.51. The number of ether oxygens (including phenoxy) is 3. The minimum atomic E-state index is -0.0394. The Balaban J connectivity index is 1.39. The fourth-order valence-electron chi connectivity index (χ4n) is 6.48. The largest absolute Gasteiger partial charge is 0.497 e. The summed E-state index contributed by atoms with van der Waals surface area (Å²) in [6.07, 6.45) is 6.94. The number of carbonyl (C=O) groups is 1. The second-order valence-corrected chi connectivity index (χ2v) is 10.6. The molecule has 1 amide bonds. The van der Waals surface area contributed by atoms with Gasteiger partial charge in [0.15, 0.2) is 11.5 Å². The van der Waals surface area contributed by atoms with E-state index in [2.05, 4.69) is 35.2 Å². The lowest BCUT2D eigenvalue weighted by molar-refractivity contribution is 0.0894. The second-order valence-electron chi connectivity index (χ2n) is 10.6. The van der Waals surface area contributed by atoms with Crippen molar-refractivity contribution in [3.05, 3.63) is 83.9 Å². The molecule has 2 atom stereocenters. The molecule has 206 valence electrons. The zero-order valence-corrected chi connectivity index (χ0v) is 23.3. The molecule has 0 bridgehead atoms. The number of carbonyl (C=O) groups excluding carboxylic acids is 1. The Bertz CT molecular complexity index is 1240. The first-order valence-electron chi connectivity index (χ1n) is 14.1. The summed E-state index contributed by atoms with van der Waals surface area (Å²) in [5.74, 6) is 2.44. The summed E-state index contributed by atoms with van der Waals surface area (Å²) in [7, 11) is 4.85. The molecule has 2 fully saturated rings. The van der Waals surface area contributed by atoms with E-state index in [0.717, 1.165) is 37.4 Å². The van der Waals surface area contributed by atoms with Gasteiger partial charge in [0.25, 0.3) is 5.91 Å². The molecule has 3 aromatic carbocycles. The Hall–Kier alpha value is -3.51. The van der Waals surface area contributed by atoms with Gasteiger partial charge in [-0.1, -0.05) is 49.2 Å². The monoisotopic (exact) mass is 528 g/mol. The maximum absolute atomic E-state index is 14.1. The molecule has 1 saturated carbocycles. The van der Waals surface area contributed by atoms with Gasteiger partial charge in [-0.2, -0.15) is 0 Å². The van der Waals surface area contributed by atoms with Crippen molar-refractivity contribution in [3.8, 4) is 17.2 Å². The molecule has 0 N–H and O–H groups in total. The van der Waals surface area contributed by atoms with E-state index >= 15 is 0 Å². The average Bonchev–Trinajstić information content (AvgIpc) is 3.01. The van der Waals surface area contributed by atoms with Crippen LogP contribution in [0.2, 0.25) is 0 Å². The maximum atomic E-state index is 14.1. The van der Waals surface area contributed by atoms with Crippen molar-refractivity contribution in [2.75, 3.05) is 39.3 Å². The average molecular weight is 529 g/mol. The zero-order chi connectivity index (χ0) is 27.2. The molecule has 1 saturated heterocycles. The molecular formula is C33H40N2O4. The van der Waals surface area contributed by atoms with E-state index in [1.165, 1.54) is 31.2 Å². The van der Waals surface area contributed by atoms with Crippen LogP contribution in [0.3, 0.4) is 0 Å². The second kappa shape index (κ2) is 12.6. The summed E-state index contributed by atoms with van der Waals surface area (Å²) < 4.78 is 16.4. The minimum absolute atomic E-state index is 0.0394. The molecule has 6 nitrogen and oxygen atoms in total. The Morgan fingerprint density at radius 2 is 1.51 bits per heavy atom. The highest BCUT2D eigenvalue weighted by Gasteiger charge is 2.36. The third kappa shape index (κ3) is 5.91. The van der Waals surface area contributed by atoms with Gasteiger partial charge >= 0.3 is 0 Å². The Kier molecular flexibility index (Phi) is 8.72. The van der Waals surface area contributed by atoms with E-state index in [1.807, 2.05) is 35.2 Å². The van der Waals surface area contributed by atoms with Gasteiger partial charge in [-0.25, -0.2) is 0 Å². The van der Waals surface area contributed by atoms with Gasteiger partial charge in [0, 0.05) is 42.5 Å². The predicted octanol–water partition coefficient (Wildman–Crippen LogP) is 6.55. The molecule has 1 aliphatic carbocycles. The smallest absolute Gasteiger partial charge is 0.258 e. The van der Waals surface area contributed by atoms with Crippen LogP contribution in [0, 0.1) is 0 Å². The topological polar surface area (TPSA) is 51.2 Å². The van der Waals surface area contributed by atoms with Gasteiger partial charge in [-0.3, -0.25) is 9.69 Å². The molecule has 0 spiro atoms. The molecule has 0 aromatic heterocycles. The standard InChI is InChI=1S/C33H40N2O4/c1-37-28-13-9-12-27(23-28)35(33(36)25-16-17-31(38-2)32(22-25)39-3)26-18-20-34(21-19-26)30-15-8-7-14-29(30)24-10-5-4-6-11-24/h4-6,9-13,16-17,22-23,26,29-30H,7-8,14-15,18-21H2,1-3H3. The van der Waals surface area contributed by atoms with Crippen LogP contribution in [0.1, 0.15) is 60.4 Å². The highest BCUT2D eigenvalue weighted by Crippen LogP contribution is 2.38. The van der Waals surface area contributed by atoms with E-state index in [1.54, 1.807) is 33.5 Å². The molecule has 1 aliphatic heterocycles. The zero-order valence-electron chi connectivity index (χ0n) is 23.3. The lowest BCUT2D eigenvalue weighted by Gasteiger charge is -2.45. The van der Waals surface area contributed by atoms with E-state index in [0.29, 0.717) is 29.0 Å². The number of rotatable bonds is 8. The molecule has 2 aliphatic rings. The highest BCUT2D eigenvalue weighted by molar-refractivity contribution is 6.07. The molecule has 39 heavy (non-hydrogen) atoms. The maximum Gasteiger partial charge on any atom is 0.258 e. The van der Waals surface area contributed by atoms with Gasteiger partial charge in [-0.05, 0) is 67.5 Å². The third-order valence-corrected chi connectivity index (χ3v) is 8.47. The van der Waals surface area contributed by atoms with Crippen LogP contribution < -0.4 is 19.1 Å². The van der Waals surface area contributed by atoms with Crippen LogP contribution in [0.25, 0.3) is 0 Å². The first-order chi connectivity index (χ1) is 19.1. The van der Waals surface area contributed by atoms with Gasteiger partial charge < -0.3 is 19.1 Å². The molecule has 2 unspecified atom stereocenters. The molecular weight excluding hydrogens is 488 g/mol. The van der Waals surface area contributed by atoms with Crippen molar-refractivity contribution >= 4 is 11.6 Å². The predicted molar refractivity (Wildman–Crippen MR) is 155 cm³/mol. The molecule has 0 radical (unpaired) electrons. The number of hydrogen-bond donors (Lipinski definition) is 0. The Morgan fingerprint density at radius 1 is 0.769 bits per heavy atom. The van der Waals surface area contributed by atoms with Crippen molar-refractivity contribution < 1.29 is 19.0 Å². The summed E-state index contributed by atoms with van der Waals surface area (Å²) in [4.78, 5) is 18.8. The van der Waals surface area contributed by atoms with Crippen LogP contribution in [0.15, 0.2) is 72.8 Å². The Morgan fingerprint density at radius 3 is 2.23 bits per heavy atom. The van der Waals surface area contributed by atoms with Crippen molar-refractivity contribution in [1.29, 1.82) is 0 Å². The van der Waals surface area contributed by atoms with Gasteiger partial charge in [-0.15, -0.1) is 0 Å². The summed E-state index contributed by atoms with van der Waals surface area (Å²) >= 11 is 0. The number of piperidine rings is 1. The first-order valence-corrected chi connectivity index (χ1v) is 14.1. The summed E-state index contributed by atoms with van der Waals surface area (Å²) in [5, 5.41) is 0. The normalized spacial score (nSPS) is 20.3. The number of methoxy groups -OCH3 is 3. The van der Waals surface area contributed by atoms with Gasteiger partial charge in [0.1, 0.15) is 5.75 Å². The molecule has 6 heteroatoms. The number of likely N-dealkylation sites (tertiary alicyclic amines) is 1. The van der Waals surface area contributed by atoms with E-state index in [9.17, 15) is 4.79 Å². The number of anilines is 1. The van der Waals surface area contributed by atoms with Crippen molar-refractivity contribution in [3.63, 3.8) is 0 Å². The lowest BCUT2D eigenvalue weighted by atomic mass is 9.78. The van der Waals surface area contributed by atoms with Crippen molar-refractivity contribution in [2.45, 2.75) is 56.5 Å². The molecule has 3 aromatic rings. The van der Waals surface area contributed by atoms with Crippen LogP contribution in [0.5, 0.6) is 17.2 Å². The summed E-state index contributed by atoms with van der Waals surface area (Å²) in [6.45, 7) is 1.97. The van der Waals surface area contributed by atoms with E-state index in [4.69, 9.17) is 14.2 Å². The van der Waals surface area contributed by atoms with Crippen molar-refractivity contribution in [1.82, 2.24) is 4.90 Å². The van der Waals surface area contributed by atoms with Gasteiger partial charge in [0.05, 0.1) is 21.3 Å². The molecule has 1 heterocycles. The highest BCUT2D eigenvalue weighted by atomic mass is 16.5. The van der Waals surface area contributed by atoms with Gasteiger partial charge in [0.2, 0.25) is 0 Å². The number of nitrogens with zero attached hydrogens (tertiary/aromatic N) is 2. The van der Waals surface area contributed by atoms with E-state index in [-0.39, 0.29) is 11.9 Å². The van der Waals surface area contributed by atoms with Crippen LogP contribution in [-0.4, -0.2) is 57.3 Å². The third-order valence-electron chi connectivity index (χ3n) is 8.47.